The van der Waals surface area contributed by atoms with Crippen LogP contribution in [0.4, 0.5) is 0 Å². The first-order chi connectivity index (χ1) is 7.63. The van der Waals surface area contributed by atoms with Gasteiger partial charge < -0.3 is 0 Å². The Labute approximate surface area is 114 Å². The van der Waals surface area contributed by atoms with Gasteiger partial charge in [0.25, 0.3) is 0 Å². The Hall–Kier alpha value is -0.210. The lowest BCUT2D eigenvalue weighted by Gasteiger charge is -2.15. The van der Waals surface area contributed by atoms with E-state index in [-0.39, 0.29) is 6.04 Å². The summed E-state index contributed by atoms with van der Waals surface area (Å²) in [6.45, 7) is 0. The van der Waals surface area contributed by atoms with Gasteiger partial charge in [-0.3, -0.25) is 10.5 Å². The van der Waals surface area contributed by atoms with E-state index < -0.39 is 0 Å². The van der Waals surface area contributed by atoms with E-state index in [0.29, 0.717) is 0 Å². The summed E-state index contributed by atoms with van der Waals surface area (Å²) < 4.78 is 3.82. The minimum atomic E-state index is -0.0572. The van der Waals surface area contributed by atoms with E-state index in [4.69, 9.17) is 5.84 Å². The molecular weight excluding hydrogens is 356 g/mol. The van der Waals surface area contributed by atoms with Gasteiger partial charge in [-0.25, -0.2) is 5.43 Å². The first kappa shape index (κ1) is 12.3. The van der Waals surface area contributed by atoms with Gasteiger partial charge in [0, 0.05) is 21.8 Å². The first-order valence-corrected chi connectivity index (χ1v) is 6.97. The molecule has 2 aromatic rings. The Morgan fingerprint density at radius 1 is 1.56 bits per heavy atom. The van der Waals surface area contributed by atoms with E-state index in [1.54, 1.807) is 17.5 Å². The average Bonchev–Trinajstić information content (AvgIpc) is 2.80. The molecule has 3 N–H and O–H groups in total. The number of nitrogens with one attached hydrogen (secondary N) is 1. The maximum absolute atomic E-state index is 5.62. The number of aromatic nitrogens is 2. The van der Waals surface area contributed by atoms with Crippen molar-refractivity contribution in [3.63, 3.8) is 0 Å². The molecule has 16 heavy (non-hydrogen) atoms. The molecule has 0 saturated carbocycles. The molecule has 0 aromatic carbocycles. The lowest BCUT2D eigenvalue weighted by atomic mass is 10.2. The second-order valence-electron chi connectivity index (χ2n) is 3.27. The normalized spacial score (nSPS) is 13.0. The van der Waals surface area contributed by atoms with Crippen LogP contribution in [0.1, 0.15) is 16.6 Å². The van der Waals surface area contributed by atoms with Crippen molar-refractivity contribution < 1.29 is 0 Å². The highest BCUT2D eigenvalue weighted by Crippen LogP contribution is 2.32. The van der Waals surface area contributed by atoms with Gasteiger partial charge in [-0.1, -0.05) is 0 Å². The number of rotatable bonds is 3. The van der Waals surface area contributed by atoms with Crippen LogP contribution in [0.25, 0.3) is 0 Å². The lowest BCUT2D eigenvalue weighted by Crippen LogP contribution is -2.30. The molecule has 2 heterocycles. The predicted octanol–water partition coefficient (Wildman–Crippen LogP) is 2.56. The average molecular weight is 366 g/mol. The number of halogens is 2. The van der Waals surface area contributed by atoms with Crippen LogP contribution < -0.4 is 11.3 Å². The molecule has 7 heteroatoms. The van der Waals surface area contributed by atoms with Crippen molar-refractivity contribution in [3.05, 3.63) is 37.2 Å². The third-order valence-electron chi connectivity index (χ3n) is 2.25. The smallest absolute Gasteiger partial charge is 0.0981 e. The van der Waals surface area contributed by atoms with Crippen molar-refractivity contribution in [1.29, 1.82) is 0 Å². The number of aryl methyl sites for hydroxylation is 1. The molecule has 0 spiro atoms. The monoisotopic (exact) mass is 364 g/mol. The first-order valence-electron chi connectivity index (χ1n) is 4.51. The third kappa shape index (κ3) is 2.23. The summed E-state index contributed by atoms with van der Waals surface area (Å²) in [6.07, 6.45) is 1.77. The molecule has 0 aliphatic heterocycles. The number of thiophene rings is 1. The molecule has 4 nitrogen and oxygen atoms in total. The summed E-state index contributed by atoms with van der Waals surface area (Å²) >= 11 is 8.56. The lowest BCUT2D eigenvalue weighted by molar-refractivity contribution is 0.580. The number of nitrogens with two attached hydrogens (primary N) is 1. The van der Waals surface area contributed by atoms with Gasteiger partial charge in [-0.05, 0) is 37.9 Å². The fraction of sp³-hybridized carbons (Fsp3) is 0.222. The SMILES string of the molecule is Cn1ncc(Br)c1C(NN)c1cc(Br)cs1. The molecule has 2 aromatic heterocycles. The molecule has 86 valence electrons. The maximum atomic E-state index is 5.62. The second-order valence-corrected chi connectivity index (χ2v) is 5.98. The summed E-state index contributed by atoms with van der Waals surface area (Å²) in [5, 5.41) is 6.22. The standard InChI is InChI=1S/C9H10Br2N4S/c1-15-9(6(11)3-13-15)8(14-12)7-2-5(10)4-16-7/h2-4,8,14H,12H2,1H3. The highest BCUT2D eigenvalue weighted by atomic mass is 79.9. The quantitative estimate of drug-likeness (QED) is 0.649. The topological polar surface area (TPSA) is 55.9 Å². The molecule has 2 rings (SSSR count). The van der Waals surface area contributed by atoms with Crippen molar-refractivity contribution in [2.75, 3.05) is 0 Å². The Morgan fingerprint density at radius 3 is 2.75 bits per heavy atom. The minimum Gasteiger partial charge on any atom is -0.270 e. The van der Waals surface area contributed by atoms with Gasteiger partial charge >= 0.3 is 0 Å². The van der Waals surface area contributed by atoms with Crippen LogP contribution in [0.5, 0.6) is 0 Å². The van der Waals surface area contributed by atoms with Gasteiger partial charge in [0.1, 0.15) is 0 Å². The molecule has 0 saturated heterocycles. The maximum Gasteiger partial charge on any atom is 0.0981 e. The van der Waals surface area contributed by atoms with Crippen LogP contribution >= 0.6 is 43.2 Å². The summed E-state index contributed by atoms with van der Waals surface area (Å²) in [5.74, 6) is 5.62. The largest absolute Gasteiger partial charge is 0.270 e. The molecule has 0 amide bonds. The van der Waals surface area contributed by atoms with Crippen LogP contribution in [0.3, 0.4) is 0 Å². The minimum absolute atomic E-state index is 0.0572. The molecule has 0 bridgehead atoms. The Balaban J connectivity index is 2.44. The molecule has 1 unspecified atom stereocenters. The highest BCUT2D eigenvalue weighted by molar-refractivity contribution is 9.10. The van der Waals surface area contributed by atoms with Crippen molar-refractivity contribution >= 4 is 43.2 Å². The highest BCUT2D eigenvalue weighted by Gasteiger charge is 2.20. The summed E-state index contributed by atoms with van der Waals surface area (Å²) in [7, 11) is 1.90. The van der Waals surface area contributed by atoms with E-state index in [1.807, 2.05) is 17.1 Å². The third-order valence-corrected chi connectivity index (χ3v) is 4.62. The number of nitrogens with zero attached hydrogens (tertiary/aromatic N) is 2. The van der Waals surface area contributed by atoms with E-state index in [9.17, 15) is 0 Å². The van der Waals surface area contributed by atoms with Crippen LogP contribution in [0.2, 0.25) is 0 Å². The molecule has 0 aliphatic carbocycles. The van der Waals surface area contributed by atoms with Gasteiger partial charge in [0.2, 0.25) is 0 Å². The number of hydrogen-bond donors (Lipinski definition) is 2. The van der Waals surface area contributed by atoms with Crippen LogP contribution in [-0.4, -0.2) is 9.78 Å². The van der Waals surface area contributed by atoms with Gasteiger partial charge in [0.15, 0.2) is 0 Å². The van der Waals surface area contributed by atoms with E-state index in [1.165, 1.54) is 0 Å². The van der Waals surface area contributed by atoms with E-state index >= 15 is 0 Å². The summed E-state index contributed by atoms with van der Waals surface area (Å²) in [4.78, 5) is 1.14. The zero-order valence-electron chi connectivity index (χ0n) is 8.45. The summed E-state index contributed by atoms with van der Waals surface area (Å²) in [5.41, 5.74) is 3.83. The Morgan fingerprint density at radius 2 is 2.31 bits per heavy atom. The number of hydrogen-bond acceptors (Lipinski definition) is 4. The fourth-order valence-corrected chi connectivity index (χ4v) is 3.60. The zero-order chi connectivity index (χ0) is 11.7. The van der Waals surface area contributed by atoms with Gasteiger partial charge in [0.05, 0.1) is 22.4 Å². The summed E-state index contributed by atoms with van der Waals surface area (Å²) in [6, 6.07) is 1.99. The molecular formula is C9H10Br2N4S. The van der Waals surface area contributed by atoms with Crippen molar-refractivity contribution in [3.8, 4) is 0 Å². The van der Waals surface area contributed by atoms with Crippen LogP contribution in [0, 0.1) is 0 Å². The zero-order valence-corrected chi connectivity index (χ0v) is 12.4. The van der Waals surface area contributed by atoms with Gasteiger partial charge in [-0.2, -0.15) is 5.10 Å². The van der Waals surface area contributed by atoms with Crippen molar-refractivity contribution in [2.24, 2.45) is 12.9 Å². The van der Waals surface area contributed by atoms with Crippen LogP contribution in [0.15, 0.2) is 26.6 Å². The molecule has 1 atom stereocenters. The fourth-order valence-electron chi connectivity index (χ4n) is 1.52. The Kier molecular flexibility index (Phi) is 3.81. The molecule has 0 fully saturated rings. The molecule has 0 aliphatic rings. The van der Waals surface area contributed by atoms with E-state index in [2.05, 4.69) is 48.5 Å². The second kappa shape index (κ2) is 4.97. The molecule has 0 radical (unpaired) electrons. The predicted molar refractivity (Wildman–Crippen MR) is 72.1 cm³/mol. The van der Waals surface area contributed by atoms with E-state index in [0.717, 1.165) is 19.5 Å². The Bertz CT molecular complexity index is 474. The number of hydrazine groups is 1. The van der Waals surface area contributed by atoms with Crippen LogP contribution in [-0.2, 0) is 7.05 Å². The van der Waals surface area contributed by atoms with Gasteiger partial charge in [-0.15, -0.1) is 11.3 Å². The van der Waals surface area contributed by atoms with Crippen molar-refractivity contribution in [1.82, 2.24) is 15.2 Å². The van der Waals surface area contributed by atoms with Crippen molar-refractivity contribution in [2.45, 2.75) is 6.04 Å².